The van der Waals surface area contributed by atoms with Crippen LogP contribution in [0.4, 0.5) is 10.1 Å². The number of anilines is 1. The number of para-hydroxylation sites is 1. The Balaban J connectivity index is 1.61. The van der Waals surface area contributed by atoms with Gasteiger partial charge in [-0.25, -0.2) is 9.37 Å². The summed E-state index contributed by atoms with van der Waals surface area (Å²) in [5.41, 5.74) is 2.17. The van der Waals surface area contributed by atoms with Gasteiger partial charge in [-0.15, -0.1) is 0 Å². The van der Waals surface area contributed by atoms with Crippen molar-refractivity contribution in [1.82, 2.24) is 9.97 Å². The number of nitrogens with zero attached hydrogens (tertiary/aromatic N) is 1. The molecule has 0 saturated heterocycles. The number of rotatable bonds is 9. The second-order valence-corrected chi connectivity index (χ2v) is 6.55. The first-order valence-corrected chi connectivity index (χ1v) is 8.97. The number of hydrogen-bond acceptors (Lipinski definition) is 4. The molecular weight excluding hydrogens is 345 g/mol. The van der Waals surface area contributed by atoms with E-state index in [1.54, 1.807) is 24.5 Å². The number of aliphatic hydroxyl groups excluding tert-OH is 1. The number of hydrogen-bond donors (Lipinski definition) is 3. The van der Waals surface area contributed by atoms with Crippen molar-refractivity contribution >= 4 is 5.69 Å². The summed E-state index contributed by atoms with van der Waals surface area (Å²) in [7, 11) is 0. The van der Waals surface area contributed by atoms with Crippen molar-refractivity contribution in [3.05, 3.63) is 78.1 Å². The average molecular weight is 369 g/mol. The van der Waals surface area contributed by atoms with Crippen LogP contribution in [-0.4, -0.2) is 33.8 Å². The Bertz CT molecular complexity index is 822. The third-order valence-corrected chi connectivity index (χ3v) is 4.31. The Morgan fingerprint density at radius 2 is 1.96 bits per heavy atom. The molecule has 27 heavy (non-hydrogen) atoms. The van der Waals surface area contributed by atoms with Gasteiger partial charge >= 0.3 is 0 Å². The Labute approximate surface area is 158 Å². The molecule has 2 unspecified atom stereocenters. The molecule has 2 aromatic carbocycles. The van der Waals surface area contributed by atoms with Crippen molar-refractivity contribution in [3.63, 3.8) is 0 Å². The van der Waals surface area contributed by atoms with Gasteiger partial charge in [0.05, 0.1) is 6.10 Å². The second kappa shape index (κ2) is 9.19. The lowest BCUT2D eigenvalue weighted by atomic mass is 10.0. The van der Waals surface area contributed by atoms with Gasteiger partial charge in [-0.2, -0.15) is 0 Å². The van der Waals surface area contributed by atoms with E-state index in [-0.39, 0.29) is 18.5 Å². The molecule has 3 N–H and O–H groups in total. The highest BCUT2D eigenvalue weighted by Gasteiger charge is 2.18. The maximum atomic E-state index is 13.0. The van der Waals surface area contributed by atoms with Gasteiger partial charge in [0.15, 0.2) is 0 Å². The predicted octanol–water partition coefficient (Wildman–Crippen LogP) is 3.71. The van der Waals surface area contributed by atoms with Crippen LogP contribution in [0.15, 0.2) is 60.9 Å². The van der Waals surface area contributed by atoms with Crippen LogP contribution in [0.5, 0.6) is 5.75 Å². The number of aryl methyl sites for hydroxylation is 1. The lowest BCUT2D eigenvalue weighted by Crippen LogP contribution is -2.31. The molecule has 2 atom stereocenters. The molecule has 0 saturated carbocycles. The molecule has 1 aromatic heterocycles. The van der Waals surface area contributed by atoms with Gasteiger partial charge < -0.3 is 20.1 Å². The quantitative estimate of drug-likeness (QED) is 0.538. The van der Waals surface area contributed by atoms with E-state index in [9.17, 15) is 9.50 Å². The van der Waals surface area contributed by atoms with Crippen molar-refractivity contribution in [2.45, 2.75) is 31.9 Å². The molecule has 3 rings (SSSR count). The minimum atomic E-state index is -0.675. The topological polar surface area (TPSA) is 70.2 Å². The number of aliphatic hydroxyl groups is 1. The van der Waals surface area contributed by atoms with Crippen LogP contribution in [0.1, 0.15) is 17.8 Å². The minimum Gasteiger partial charge on any atom is -0.491 e. The number of aromatic nitrogens is 2. The molecular formula is C21H24FN3O2. The minimum absolute atomic E-state index is 0.0240. The van der Waals surface area contributed by atoms with E-state index in [0.717, 1.165) is 17.1 Å². The highest BCUT2D eigenvalue weighted by atomic mass is 19.1. The molecule has 142 valence electrons. The summed E-state index contributed by atoms with van der Waals surface area (Å²) in [6, 6.07) is 13.8. The van der Waals surface area contributed by atoms with E-state index in [4.69, 9.17) is 4.74 Å². The second-order valence-electron chi connectivity index (χ2n) is 6.55. The summed E-state index contributed by atoms with van der Waals surface area (Å²) in [6.07, 6.45) is 3.96. The molecule has 0 aliphatic rings. The molecule has 5 nitrogen and oxygen atoms in total. The number of imidazole rings is 1. The zero-order valence-electron chi connectivity index (χ0n) is 15.2. The number of aromatic amines is 1. The van der Waals surface area contributed by atoms with E-state index < -0.39 is 6.10 Å². The van der Waals surface area contributed by atoms with Crippen molar-refractivity contribution < 1.29 is 14.2 Å². The van der Waals surface area contributed by atoms with Crippen molar-refractivity contribution in [3.8, 4) is 5.75 Å². The first-order valence-electron chi connectivity index (χ1n) is 8.97. The van der Waals surface area contributed by atoms with Crippen LogP contribution in [0, 0.1) is 12.7 Å². The molecule has 3 aromatic rings. The van der Waals surface area contributed by atoms with Crippen LogP contribution in [0.3, 0.4) is 0 Å². The number of halogens is 1. The standard InChI is InChI=1S/C21H24FN3O2/c1-15-4-2-3-5-20(15)25-17(13-21-23-10-11-24-21)12-18(26)14-27-19-8-6-16(22)7-9-19/h2-11,17-18,25-26H,12-14H2,1H3,(H,23,24). The SMILES string of the molecule is Cc1ccccc1NC(Cc1ncc[nH]1)CC(O)COc1ccc(F)cc1. The monoisotopic (exact) mass is 369 g/mol. The highest BCUT2D eigenvalue weighted by molar-refractivity contribution is 5.51. The Kier molecular flexibility index (Phi) is 6.44. The number of nitrogens with one attached hydrogen (secondary N) is 2. The highest BCUT2D eigenvalue weighted by Crippen LogP contribution is 2.18. The van der Waals surface area contributed by atoms with Gasteiger partial charge in [0.2, 0.25) is 0 Å². The summed E-state index contributed by atoms with van der Waals surface area (Å²) < 4.78 is 18.5. The first kappa shape index (κ1) is 18.9. The van der Waals surface area contributed by atoms with Gasteiger partial charge in [-0.3, -0.25) is 0 Å². The van der Waals surface area contributed by atoms with E-state index in [1.807, 2.05) is 31.2 Å². The number of H-pyrrole nitrogens is 1. The summed E-state index contributed by atoms with van der Waals surface area (Å²) in [5, 5.41) is 13.9. The van der Waals surface area contributed by atoms with Crippen LogP contribution in [0.2, 0.25) is 0 Å². The lowest BCUT2D eigenvalue weighted by molar-refractivity contribution is 0.0954. The smallest absolute Gasteiger partial charge is 0.123 e. The van der Waals surface area contributed by atoms with Crippen LogP contribution in [-0.2, 0) is 6.42 Å². The summed E-state index contributed by atoms with van der Waals surface area (Å²) in [6.45, 7) is 2.18. The van der Waals surface area contributed by atoms with E-state index in [0.29, 0.717) is 18.6 Å². The summed E-state index contributed by atoms with van der Waals surface area (Å²) >= 11 is 0. The normalized spacial score (nSPS) is 13.1. The van der Waals surface area contributed by atoms with Crippen LogP contribution < -0.4 is 10.1 Å². The van der Waals surface area contributed by atoms with Gasteiger partial charge in [0.1, 0.15) is 24.0 Å². The van der Waals surface area contributed by atoms with Crippen LogP contribution in [0.25, 0.3) is 0 Å². The molecule has 0 fully saturated rings. The Hall–Kier alpha value is -2.86. The lowest BCUT2D eigenvalue weighted by Gasteiger charge is -2.23. The zero-order chi connectivity index (χ0) is 19.1. The Morgan fingerprint density at radius 3 is 2.67 bits per heavy atom. The third kappa shape index (κ3) is 5.82. The van der Waals surface area contributed by atoms with Gasteiger partial charge in [0, 0.05) is 30.5 Å². The van der Waals surface area contributed by atoms with Gasteiger partial charge in [-0.1, -0.05) is 18.2 Å². The maximum Gasteiger partial charge on any atom is 0.123 e. The van der Waals surface area contributed by atoms with Crippen molar-refractivity contribution in [1.29, 1.82) is 0 Å². The van der Waals surface area contributed by atoms with Crippen molar-refractivity contribution in [2.75, 3.05) is 11.9 Å². The average Bonchev–Trinajstić information content (AvgIpc) is 3.16. The fourth-order valence-corrected chi connectivity index (χ4v) is 2.91. The molecule has 6 heteroatoms. The number of ether oxygens (including phenoxy) is 1. The third-order valence-electron chi connectivity index (χ3n) is 4.31. The van der Waals surface area contributed by atoms with Gasteiger partial charge in [-0.05, 0) is 49.2 Å². The fraction of sp³-hybridized carbons (Fsp3) is 0.286. The fourth-order valence-electron chi connectivity index (χ4n) is 2.91. The zero-order valence-corrected chi connectivity index (χ0v) is 15.2. The summed E-state index contributed by atoms with van der Waals surface area (Å²) in [5.74, 6) is 1.07. The van der Waals surface area contributed by atoms with E-state index >= 15 is 0 Å². The first-order chi connectivity index (χ1) is 13.1. The molecule has 0 spiro atoms. The van der Waals surface area contributed by atoms with E-state index in [2.05, 4.69) is 15.3 Å². The van der Waals surface area contributed by atoms with Crippen molar-refractivity contribution in [2.24, 2.45) is 0 Å². The Morgan fingerprint density at radius 1 is 1.19 bits per heavy atom. The molecule has 0 radical (unpaired) electrons. The molecule has 0 bridgehead atoms. The predicted molar refractivity (Wildman–Crippen MR) is 103 cm³/mol. The largest absolute Gasteiger partial charge is 0.491 e. The van der Waals surface area contributed by atoms with Gasteiger partial charge in [0.25, 0.3) is 0 Å². The molecule has 1 heterocycles. The molecule has 0 aliphatic heterocycles. The maximum absolute atomic E-state index is 13.0. The van der Waals surface area contributed by atoms with E-state index in [1.165, 1.54) is 12.1 Å². The van der Waals surface area contributed by atoms with Crippen LogP contribution >= 0.6 is 0 Å². The summed E-state index contributed by atoms with van der Waals surface area (Å²) in [4.78, 5) is 7.39. The molecule has 0 aliphatic carbocycles. The number of benzene rings is 2. The molecule has 0 amide bonds.